The van der Waals surface area contributed by atoms with Crippen LogP contribution >= 0.6 is 0 Å². The van der Waals surface area contributed by atoms with Crippen molar-refractivity contribution in [1.82, 2.24) is 9.47 Å². The summed E-state index contributed by atoms with van der Waals surface area (Å²) < 4.78 is 2.28. The van der Waals surface area contributed by atoms with E-state index in [1.54, 1.807) is 0 Å². The van der Waals surface area contributed by atoms with Crippen LogP contribution in [0.2, 0.25) is 0 Å². The fourth-order valence-corrected chi connectivity index (χ4v) is 3.08. The van der Waals surface area contributed by atoms with E-state index < -0.39 is 0 Å². The van der Waals surface area contributed by atoms with Gasteiger partial charge in [-0.3, -0.25) is 0 Å². The minimum atomic E-state index is 0.152. The number of aryl methyl sites for hydroxylation is 1. The van der Waals surface area contributed by atoms with Gasteiger partial charge in [0.15, 0.2) is 5.84 Å². The lowest BCUT2D eigenvalue weighted by molar-refractivity contribution is 0.318. The SMILES string of the molecule is N/C(=N/O)c1ccc2c(ccn2CCCN2CCCC2)c1. The summed E-state index contributed by atoms with van der Waals surface area (Å²) in [5, 5.41) is 12.9. The Bertz CT molecular complexity index is 641. The molecule has 5 nitrogen and oxygen atoms in total. The third kappa shape index (κ3) is 3.03. The van der Waals surface area contributed by atoms with Crippen LogP contribution in [0.4, 0.5) is 0 Å². The number of benzene rings is 1. The number of rotatable bonds is 5. The fourth-order valence-electron chi connectivity index (χ4n) is 3.08. The highest BCUT2D eigenvalue weighted by molar-refractivity contribution is 6.00. The molecule has 3 N–H and O–H groups in total. The molecule has 0 saturated carbocycles. The number of fused-ring (bicyclic) bond motifs is 1. The zero-order chi connectivity index (χ0) is 14.7. The third-order valence-corrected chi connectivity index (χ3v) is 4.25. The van der Waals surface area contributed by atoms with E-state index >= 15 is 0 Å². The van der Waals surface area contributed by atoms with Crippen molar-refractivity contribution in [3.05, 3.63) is 36.0 Å². The molecular formula is C16H22N4O. The number of likely N-dealkylation sites (tertiary alicyclic amines) is 1. The van der Waals surface area contributed by atoms with Crippen molar-refractivity contribution in [2.75, 3.05) is 19.6 Å². The highest BCUT2D eigenvalue weighted by atomic mass is 16.4. The molecule has 1 aromatic carbocycles. The van der Waals surface area contributed by atoms with Crippen LogP contribution in [0.3, 0.4) is 0 Å². The zero-order valence-corrected chi connectivity index (χ0v) is 12.2. The van der Waals surface area contributed by atoms with Crippen molar-refractivity contribution in [3.8, 4) is 0 Å². The number of amidine groups is 1. The van der Waals surface area contributed by atoms with Crippen LogP contribution in [-0.2, 0) is 6.54 Å². The van der Waals surface area contributed by atoms with Crippen LogP contribution in [0, 0.1) is 0 Å². The van der Waals surface area contributed by atoms with Crippen molar-refractivity contribution in [2.24, 2.45) is 10.9 Å². The topological polar surface area (TPSA) is 66.8 Å². The first-order valence-corrected chi connectivity index (χ1v) is 7.57. The van der Waals surface area contributed by atoms with Crippen molar-refractivity contribution >= 4 is 16.7 Å². The van der Waals surface area contributed by atoms with E-state index in [1.165, 1.54) is 44.4 Å². The molecule has 0 bridgehead atoms. The summed E-state index contributed by atoms with van der Waals surface area (Å²) in [7, 11) is 0. The molecule has 2 heterocycles. The summed E-state index contributed by atoms with van der Waals surface area (Å²) in [6, 6.07) is 7.98. The highest BCUT2D eigenvalue weighted by Crippen LogP contribution is 2.18. The molecule has 1 aliphatic rings. The lowest BCUT2D eigenvalue weighted by Crippen LogP contribution is -2.21. The smallest absolute Gasteiger partial charge is 0.170 e. The number of hydrogen-bond donors (Lipinski definition) is 2. The molecule has 1 aromatic heterocycles. The number of nitrogens with two attached hydrogens (primary N) is 1. The molecule has 0 atom stereocenters. The van der Waals surface area contributed by atoms with Crippen LogP contribution in [0.5, 0.6) is 0 Å². The molecule has 112 valence electrons. The van der Waals surface area contributed by atoms with Gasteiger partial charge in [0.2, 0.25) is 0 Å². The highest BCUT2D eigenvalue weighted by Gasteiger charge is 2.11. The van der Waals surface area contributed by atoms with E-state index in [9.17, 15) is 0 Å². The van der Waals surface area contributed by atoms with Crippen molar-refractivity contribution in [3.63, 3.8) is 0 Å². The van der Waals surface area contributed by atoms with Gasteiger partial charge in [-0.1, -0.05) is 5.16 Å². The van der Waals surface area contributed by atoms with E-state index in [0.29, 0.717) is 0 Å². The molecule has 21 heavy (non-hydrogen) atoms. The van der Waals surface area contributed by atoms with Crippen LogP contribution in [0.15, 0.2) is 35.6 Å². The number of oxime groups is 1. The van der Waals surface area contributed by atoms with E-state index in [4.69, 9.17) is 10.9 Å². The Morgan fingerprint density at radius 3 is 2.76 bits per heavy atom. The predicted octanol–water partition coefficient (Wildman–Crippen LogP) is 2.22. The Balaban J connectivity index is 1.68. The Labute approximate surface area is 124 Å². The maximum absolute atomic E-state index is 8.74. The fraction of sp³-hybridized carbons (Fsp3) is 0.438. The Morgan fingerprint density at radius 1 is 1.19 bits per heavy atom. The van der Waals surface area contributed by atoms with Gasteiger partial charge >= 0.3 is 0 Å². The number of aromatic nitrogens is 1. The quantitative estimate of drug-likeness (QED) is 0.383. The molecule has 0 spiro atoms. The number of nitrogens with zero attached hydrogens (tertiary/aromatic N) is 3. The van der Waals surface area contributed by atoms with E-state index in [1.807, 2.05) is 18.2 Å². The predicted molar refractivity (Wildman–Crippen MR) is 84.7 cm³/mol. The van der Waals surface area contributed by atoms with Gasteiger partial charge in [0, 0.05) is 29.2 Å². The molecule has 0 amide bonds. The summed E-state index contributed by atoms with van der Waals surface area (Å²) >= 11 is 0. The average molecular weight is 286 g/mol. The molecule has 1 fully saturated rings. The van der Waals surface area contributed by atoms with E-state index in [-0.39, 0.29) is 5.84 Å². The van der Waals surface area contributed by atoms with Crippen LogP contribution in [0.1, 0.15) is 24.8 Å². The zero-order valence-electron chi connectivity index (χ0n) is 12.2. The van der Waals surface area contributed by atoms with Gasteiger partial charge in [-0.05, 0) is 63.2 Å². The lowest BCUT2D eigenvalue weighted by atomic mass is 10.1. The van der Waals surface area contributed by atoms with Crippen molar-refractivity contribution < 1.29 is 5.21 Å². The summed E-state index contributed by atoms with van der Waals surface area (Å²) in [6.45, 7) is 4.73. The van der Waals surface area contributed by atoms with Gasteiger partial charge < -0.3 is 20.4 Å². The first-order valence-electron chi connectivity index (χ1n) is 7.57. The second kappa shape index (κ2) is 6.18. The minimum Gasteiger partial charge on any atom is -0.409 e. The largest absolute Gasteiger partial charge is 0.409 e. The molecule has 0 aliphatic carbocycles. The molecule has 1 saturated heterocycles. The minimum absolute atomic E-state index is 0.152. The normalized spacial score (nSPS) is 16.9. The molecular weight excluding hydrogens is 264 g/mol. The van der Waals surface area contributed by atoms with Gasteiger partial charge in [0.1, 0.15) is 0 Å². The first-order chi connectivity index (χ1) is 10.3. The standard InChI is InChI=1S/C16H22N4O/c17-16(18-21)14-4-5-15-13(12-14)6-11-20(15)10-3-9-19-7-1-2-8-19/h4-6,11-12,21H,1-3,7-10H2,(H2,17,18). The summed E-state index contributed by atoms with van der Waals surface area (Å²) in [5.74, 6) is 0.152. The molecule has 1 aliphatic heterocycles. The van der Waals surface area contributed by atoms with E-state index in [0.717, 1.165) is 17.5 Å². The van der Waals surface area contributed by atoms with Crippen molar-refractivity contribution in [1.29, 1.82) is 0 Å². The summed E-state index contributed by atoms with van der Waals surface area (Å²) in [5.41, 5.74) is 7.58. The van der Waals surface area contributed by atoms with Crippen LogP contribution < -0.4 is 5.73 Å². The second-order valence-corrected chi connectivity index (χ2v) is 5.67. The summed E-state index contributed by atoms with van der Waals surface area (Å²) in [4.78, 5) is 2.54. The molecule has 5 heteroatoms. The maximum Gasteiger partial charge on any atom is 0.170 e. The Morgan fingerprint density at radius 2 is 2.00 bits per heavy atom. The average Bonchev–Trinajstić information content (AvgIpc) is 3.16. The van der Waals surface area contributed by atoms with Crippen LogP contribution in [0.25, 0.3) is 10.9 Å². The van der Waals surface area contributed by atoms with Gasteiger partial charge in [-0.2, -0.15) is 0 Å². The van der Waals surface area contributed by atoms with E-state index in [2.05, 4.69) is 26.9 Å². The summed E-state index contributed by atoms with van der Waals surface area (Å²) in [6.07, 6.45) is 5.99. The number of hydrogen-bond acceptors (Lipinski definition) is 3. The monoisotopic (exact) mass is 286 g/mol. The third-order valence-electron chi connectivity index (χ3n) is 4.25. The molecule has 0 radical (unpaired) electrons. The van der Waals surface area contributed by atoms with Crippen molar-refractivity contribution in [2.45, 2.75) is 25.8 Å². The van der Waals surface area contributed by atoms with Gasteiger partial charge in [-0.15, -0.1) is 0 Å². The molecule has 0 unspecified atom stereocenters. The van der Waals surface area contributed by atoms with Crippen LogP contribution in [-0.4, -0.2) is 40.1 Å². The van der Waals surface area contributed by atoms with Gasteiger partial charge in [0.25, 0.3) is 0 Å². The first kappa shape index (κ1) is 13.9. The van der Waals surface area contributed by atoms with Gasteiger partial charge in [0.05, 0.1) is 0 Å². The molecule has 2 aromatic rings. The molecule has 3 rings (SSSR count). The van der Waals surface area contributed by atoms with Gasteiger partial charge in [-0.25, -0.2) is 0 Å². The maximum atomic E-state index is 8.74. The lowest BCUT2D eigenvalue weighted by Gasteiger charge is -2.14. The Hall–Kier alpha value is -2.01. The second-order valence-electron chi connectivity index (χ2n) is 5.67. The Kier molecular flexibility index (Phi) is 4.10.